The van der Waals surface area contributed by atoms with Crippen molar-refractivity contribution < 1.29 is 19.1 Å². The quantitative estimate of drug-likeness (QED) is 0.783. The van der Waals surface area contributed by atoms with Crippen LogP contribution in [0.3, 0.4) is 0 Å². The molecule has 0 saturated carbocycles. The molecular formula is C14H16N2O4. The minimum Gasteiger partial charge on any atom is -0.482 e. The highest BCUT2D eigenvalue weighted by atomic mass is 16.6. The molecule has 6 heteroatoms. The lowest BCUT2D eigenvalue weighted by Gasteiger charge is -2.13. The van der Waals surface area contributed by atoms with Gasteiger partial charge >= 0.3 is 5.97 Å². The lowest BCUT2D eigenvalue weighted by molar-refractivity contribution is -0.156. The maximum absolute atomic E-state index is 11.5. The first-order valence-corrected chi connectivity index (χ1v) is 6.17. The summed E-state index contributed by atoms with van der Waals surface area (Å²) in [6.45, 7) is 3.45. The summed E-state index contributed by atoms with van der Waals surface area (Å²) in [5.74, 6) is -0.529. The van der Waals surface area contributed by atoms with Gasteiger partial charge in [0.15, 0.2) is 12.7 Å². The molecule has 1 amide bonds. The van der Waals surface area contributed by atoms with Gasteiger partial charge in [-0.2, -0.15) is 5.26 Å². The molecule has 0 aromatic heterocycles. The molecule has 1 atom stereocenters. The van der Waals surface area contributed by atoms with Crippen LogP contribution in [0.2, 0.25) is 0 Å². The zero-order valence-electron chi connectivity index (χ0n) is 11.4. The van der Waals surface area contributed by atoms with Gasteiger partial charge in [-0.15, -0.1) is 0 Å². The van der Waals surface area contributed by atoms with Gasteiger partial charge in [0.1, 0.15) is 5.75 Å². The van der Waals surface area contributed by atoms with Gasteiger partial charge in [-0.25, -0.2) is 4.79 Å². The SMILES string of the molecule is CCNC(=O)[C@H](C)OC(=O)COc1ccc(C#N)cc1. The average Bonchev–Trinajstić information content (AvgIpc) is 2.45. The third-order valence-electron chi connectivity index (χ3n) is 2.37. The summed E-state index contributed by atoms with van der Waals surface area (Å²) in [5, 5.41) is 11.2. The van der Waals surface area contributed by atoms with E-state index in [0.29, 0.717) is 17.9 Å². The van der Waals surface area contributed by atoms with Gasteiger partial charge in [-0.3, -0.25) is 4.79 Å². The van der Waals surface area contributed by atoms with Gasteiger partial charge in [0.05, 0.1) is 11.6 Å². The number of benzene rings is 1. The van der Waals surface area contributed by atoms with E-state index in [0.717, 1.165) is 0 Å². The first-order chi connectivity index (χ1) is 9.56. The van der Waals surface area contributed by atoms with Crippen molar-refractivity contribution in [3.63, 3.8) is 0 Å². The van der Waals surface area contributed by atoms with Crippen LogP contribution in [0.4, 0.5) is 0 Å². The third-order valence-corrected chi connectivity index (χ3v) is 2.37. The maximum atomic E-state index is 11.5. The number of hydrogen-bond acceptors (Lipinski definition) is 5. The number of likely N-dealkylation sites (N-methyl/N-ethyl adjacent to an activating group) is 1. The van der Waals surface area contributed by atoms with Gasteiger partial charge in [0.2, 0.25) is 0 Å². The molecule has 0 aliphatic rings. The number of carbonyl (C=O) groups is 2. The van der Waals surface area contributed by atoms with Crippen LogP contribution in [0.15, 0.2) is 24.3 Å². The van der Waals surface area contributed by atoms with Crippen LogP contribution in [0.25, 0.3) is 0 Å². The fraction of sp³-hybridized carbons (Fsp3) is 0.357. The van der Waals surface area contributed by atoms with Crippen LogP contribution in [0.1, 0.15) is 19.4 Å². The number of nitriles is 1. The predicted octanol–water partition coefficient (Wildman–Crippen LogP) is 1.00. The molecule has 0 heterocycles. The number of nitrogens with one attached hydrogen (secondary N) is 1. The van der Waals surface area contributed by atoms with Crippen LogP contribution in [-0.4, -0.2) is 31.1 Å². The van der Waals surface area contributed by atoms with Crippen LogP contribution in [-0.2, 0) is 14.3 Å². The molecule has 1 aromatic rings. The fourth-order valence-electron chi connectivity index (χ4n) is 1.37. The molecule has 6 nitrogen and oxygen atoms in total. The molecular weight excluding hydrogens is 260 g/mol. The smallest absolute Gasteiger partial charge is 0.344 e. The number of rotatable bonds is 6. The summed E-state index contributed by atoms with van der Waals surface area (Å²) in [5.41, 5.74) is 0.504. The van der Waals surface area contributed by atoms with Crippen molar-refractivity contribution in [1.82, 2.24) is 5.32 Å². The highest BCUT2D eigenvalue weighted by Gasteiger charge is 2.17. The second kappa shape index (κ2) is 7.79. The van der Waals surface area contributed by atoms with E-state index >= 15 is 0 Å². The van der Waals surface area contributed by atoms with E-state index in [2.05, 4.69) is 5.32 Å². The van der Waals surface area contributed by atoms with Gasteiger partial charge in [0.25, 0.3) is 5.91 Å². The molecule has 0 spiro atoms. The van der Waals surface area contributed by atoms with E-state index < -0.39 is 12.1 Å². The molecule has 1 aromatic carbocycles. The molecule has 0 unspecified atom stereocenters. The number of esters is 1. The molecule has 0 aliphatic carbocycles. The van der Waals surface area contributed by atoms with Crippen LogP contribution >= 0.6 is 0 Å². The molecule has 0 fully saturated rings. The third kappa shape index (κ3) is 4.98. The number of ether oxygens (including phenoxy) is 2. The first-order valence-electron chi connectivity index (χ1n) is 6.17. The van der Waals surface area contributed by atoms with Crippen molar-refractivity contribution in [2.75, 3.05) is 13.2 Å². The zero-order chi connectivity index (χ0) is 15.0. The predicted molar refractivity (Wildman–Crippen MR) is 70.9 cm³/mol. The summed E-state index contributed by atoms with van der Waals surface area (Å²) in [4.78, 5) is 22.8. The largest absolute Gasteiger partial charge is 0.482 e. The van der Waals surface area contributed by atoms with Crippen molar-refractivity contribution in [1.29, 1.82) is 5.26 Å². The Morgan fingerprint density at radius 3 is 2.55 bits per heavy atom. The molecule has 0 saturated heterocycles. The summed E-state index contributed by atoms with van der Waals surface area (Å²) in [6, 6.07) is 8.31. The van der Waals surface area contributed by atoms with E-state index in [9.17, 15) is 9.59 Å². The van der Waals surface area contributed by atoms with Gasteiger partial charge < -0.3 is 14.8 Å². The van der Waals surface area contributed by atoms with E-state index in [1.807, 2.05) is 6.07 Å². The van der Waals surface area contributed by atoms with E-state index in [4.69, 9.17) is 14.7 Å². The second-order valence-corrected chi connectivity index (χ2v) is 3.95. The minimum absolute atomic E-state index is 0.296. The monoisotopic (exact) mass is 276 g/mol. The Labute approximate surface area is 117 Å². The number of carbonyl (C=O) groups excluding carboxylic acids is 2. The Bertz CT molecular complexity index is 505. The fourth-order valence-corrected chi connectivity index (χ4v) is 1.37. The second-order valence-electron chi connectivity index (χ2n) is 3.95. The van der Waals surface area contributed by atoms with E-state index in [1.54, 1.807) is 31.2 Å². The van der Waals surface area contributed by atoms with Crippen LogP contribution in [0, 0.1) is 11.3 Å². The van der Waals surface area contributed by atoms with E-state index in [-0.39, 0.29) is 12.5 Å². The van der Waals surface area contributed by atoms with Crippen molar-refractivity contribution in [3.8, 4) is 11.8 Å². The van der Waals surface area contributed by atoms with Crippen molar-refractivity contribution in [2.45, 2.75) is 20.0 Å². The van der Waals surface area contributed by atoms with Crippen LogP contribution < -0.4 is 10.1 Å². The molecule has 20 heavy (non-hydrogen) atoms. The average molecular weight is 276 g/mol. The Morgan fingerprint density at radius 1 is 1.35 bits per heavy atom. The van der Waals surface area contributed by atoms with E-state index in [1.165, 1.54) is 6.92 Å². The molecule has 0 radical (unpaired) electrons. The molecule has 106 valence electrons. The summed E-state index contributed by atoms with van der Waals surface area (Å²) in [7, 11) is 0. The summed E-state index contributed by atoms with van der Waals surface area (Å²) in [6.07, 6.45) is -0.855. The summed E-state index contributed by atoms with van der Waals surface area (Å²) < 4.78 is 10.1. The Kier molecular flexibility index (Phi) is 6.04. The van der Waals surface area contributed by atoms with Crippen molar-refractivity contribution in [2.24, 2.45) is 0 Å². The van der Waals surface area contributed by atoms with Crippen LogP contribution in [0.5, 0.6) is 5.75 Å². The minimum atomic E-state index is -0.855. The molecule has 1 rings (SSSR count). The van der Waals surface area contributed by atoms with Crippen molar-refractivity contribution in [3.05, 3.63) is 29.8 Å². The lowest BCUT2D eigenvalue weighted by atomic mass is 10.2. The number of amides is 1. The van der Waals surface area contributed by atoms with Gasteiger partial charge in [-0.1, -0.05) is 0 Å². The Morgan fingerprint density at radius 2 is 2.00 bits per heavy atom. The molecule has 0 bridgehead atoms. The number of nitrogens with zero attached hydrogens (tertiary/aromatic N) is 1. The highest BCUT2D eigenvalue weighted by Crippen LogP contribution is 2.11. The Balaban J connectivity index is 2.39. The molecule has 0 aliphatic heterocycles. The van der Waals surface area contributed by atoms with Gasteiger partial charge in [-0.05, 0) is 38.1 Å². The lowest BCUT2D eigenvalue weighted by Crippen LogP contribution is -2.36. The Hall–Kier alpha value is -2.55. The maximum Gasteiger partial charge on any atom is 0.344 e. The molecule has 1 N–H and O–H groups in total. The number of hydrogen-bond donors (Lipinski definition) is 1. The van der Waals surface area contributed by atoms with Crippen molar-refractivity contribution >= 4 is 11.9 Å². The highest BCUT2D eigenvalue weighted by molar-refractivity contribution is 5.83. The normalized spacial score (nSPS) is 11.1. The first kappa shape index (κ1) is 15.5. The van der Waals surface area contributed by atoms with Gasteiger partial charge in [0, 0.05) is 6.54 Å². The summed E-state index contributed by atoms with van der Waals surface area (Å²) >= 11 is 0. The zero-order valence-corrected chi connectivity index (χ0v) is 11.4. The topological polar surface area (TPSA) is 88.4 Å². The standard InChI is InChI=1S/C14H16N2O4/c1-3-16-14(18)10(2)20-13(17)9-19-12-6-4-11(8-15)5-7-12/h4-7,10H,3,9H2,1-2H3,(H,16,18)/t10-/m0/s1.